The lowest BCUT2D eigenvalue weighted by Crippen LogP contribution is -2.31. The molecule has 0 spiro atoms. The Hall–Kier alpha value is -0.610. The summed E-state index contributed by atoms with van der Waals surface area (Å²) in [5.41, 5.74) is 0. The molecule has 0 fully saturated rings. The van der Waals surface area contributed by atoms with Crippen LogP contribution in [0.1, 0.15) is 97.8 Å². The van der Waals surface area contributed by atoms with Gasteiger partial charge in [0.05, 0.1) is 12.5 Å². The van der Waals surface area contributed by atoms with E-state index in [1.165, 1.54) is 25.7 Å². The van der Waals surface area contributed by atoms with Gasteiger partial charge in [-0.3, -0.25) is 4.79 Å². The van der Waals surface area contributed by atoms with Gasteiger partial charge in [-0.1, -0.05) is 72.1 Å². The Morgan fingerprint density at radius 2 is 1.39 bits per heavy atom. The molecule has 0 saturated heterocycles. The van der Waals surface area contributed by atoms with Crippen molar-refractivity contribution in [3.05, 3.63) is 0 Å². The molecule has 0 aliphatic heterocycles. The molecule has 0 aliphatic rings. The lowest BCUT2D eigenvalue weighted by molar-refractivity contribution is -0.193. The maximum Gasteiger partial charge on any atom is 0.327 e. The van der Waals surface area contributed by atoms with Crippen LogP contribution < -0.4 is 0 Å². The Bertz CT molecular complexity index is 263. The highest BCUT2D eigenvalue weighted by molar-refractivity contribution is 5.69. The fraction of sp³-hybridized carbons (Fsp3) is 0.947. The Kier molecular flexibility index (Phi) is 15.8. The number of aliphatic hydroxyl groups excluding tert-OH is 1. The van der Waals surface area contributed by atoms with Gasteiger partial charge in [0.15, 0.2) is 0 Å². The Balaban J connectivity index is 3.85. The zero-order valence-corrected chi connectivity index (χ0v) is 15.7. The van der Waals surface area contributed by atoms with Crippen molar-refractivity contribution in [1.29, 1.82) is 0 Å². The average Bonchev–Trinajstić information content (AvgIpc) is 2.53. The maximum atomic E-state index is 11.9. The van der Waals surface area contributed by atoms with Gasteiger partial charge in [0.25, 0.3) is 0 Å². The normalized spacial score (nSPS) is 12.6. The minimum Gasteiger partial charge on any atom is -0.393 e. The van der Waals surface area contributed by atoms with Gasteiger partial charge in [0, 0.05) is 13.1 Å². The van der Waals surface area contributed by atoms with Gasteiger partial charge in [-0.15, -0.1) is 5.06 Å². The number of nitrogens with zero attached hydrogens (tertiary/aromatic N) is 1. The quantitative estimate of drug-likeness (QED) is 0.325. The van der Waals surface area contributed by atoms with E-state index in [9.17, 15) is 9.90 Å². The van der Waals surface area contributed by atoms with Crippen molar-refractivity contribution < 1.29 is 14.7 Å². The number of rotatable bonds is 16. The number of carbonyl (C=O) groups excluding carboxylic acids is 1. The van der Waals surface area contributed by atoms with Crippen LogP contribution in [0.25, 0.3) is 0 Å². The van der Waals surface area contributed by atoms with Gasteiger partial charge in [-0.2, -0.15) is 0 Å². The highest BCUT2D eigenvalue weighted by atomic mass is 16.7. The Morgan fingerprint density at radius 3 is 1.96 bits per heavy atom. The van der Waals surface area contributed by atoms with Gasteiger partial charge >= 0.3 is 5.97 Å². The van der Waals surface area contributed by atoms with E-state index in [-0.39, 0.29) is 12.4 Å². The number of hydrogen-bond donors (Lipinski definition) is 1. The monoisotopic (exact) mass is 329 g/mol. The van der Waals surface area contributed by atoms with Crippen molar-refractivity contribution in [1.82, 2.24) is 5.06 Å². The summed E-state index contributed by atoms with van der Waals surface area (Å²) in [5.74, 6) is -0.296. The Morgan fingerprint density at radius 1 is 0.870 bits per heavy atom. The van der Waals surface area contributed by atoms with Crippen molar-refractivity contribution in [3.8, 4) is 0 Å². The van der Waals surface area contributed by atoms with Crippen LogP contribution in [0, 0.1) is 0 Å². The molecule has 1 N–H and O–H groups in total. The summed E-state index contributed by atoms with van der Waals surface area (Å²) in [4.78, 5) is 17.4. The van der Waals surface area contributed by atoms with Crippen LogP contribution in [-0.4, -0.2) is 35.3 Å². The van der Waals surface area contributed by atoms with Crippen LogP contribution in [-0.2, 0) is 9.63 Å². The Labute approximate surface area is 143 Å². The summed E-state index contributed by atoms with van der Waals surface area (Å²) in [7, 11) is 0. The minimum atomic E-state index is -0.562. The van der Waals surface area contributed by atoms with Crippen LogP contribution in [0.5, 0.6) is 0 Å². The molecule has 0 aromatic rings. The number of hydrogen-bond acceptors (Lipinski definition) is 4. The average molecular weight is 330 g/mol. The first kappa shape index (κ1) is 22.4. The predicted molar refractivity (Wildman–Crippen MR) is 96.1 cm³/mol. The SMILES string of the molecule is CCCCCCCCC(O)CC(=O)ON(CCCC)CCCC. The maximum absolute atomic E-state index is 11.9. The van der Waals surface area contributed by atoms with Crippen LogP contribution >= 0.6 is 0 Å². The number of hydroxylamine groups is 2. The van der Waals surface area contributed by atoms with Gasteiger partial charge in [0.2, 0.25) is 0 Å². The van der Waals surface area contributed by atoms with E-state index < -0.39 is 6.10 Å². The van der Waals surface area contributed by atoms with Crippen LogP contribution in [0.15, 0.2) is 0 Å². The molecular weight excluding hydrogens is 290 g/mol. The van der Waals surface area contributed by atoms with Crippen LogP contribution in [0.4, 0.5) is 0 Å². The van der Waals surface area contributed by atoms with Crippen molar-refractivity contribution in [2.75, 3.05) is 13.1 Å². The smallest absolute Gasteiger partial charge is 0.327 e. The molecule has 1 unspecified atom stereocenters. The number of carbonyl (C=O) groups is 1. The predicted octanol–water partition coefficient (Wildman–Crippen LogP) is 4.85. The number of unbranched alkanes of at least 4 members (excludes halogenated alkanes) is 7. The van der Waals surface area contributed by atoms with Crippen molar-refractivity contribution in [2.45, 2.75) is 104 Å². The molecule has 0 rings (SSSR count). The first-order valence-corrected chi connectivity index (χ1v) is 9.77. The molecule has 4 nitrogen and oxygen atoms in total. The molecule has 1 atom stereocenters. The van der Waals surface area contributed by atoms with Crippen molar-refractivity contribution in [3.63, 3.8) is 0 Å². The van der Waals surface area contributed by atoms with E-state index in [1.807, 2.05) is 0 Å². The molecular formula is C19H39NO3. The molecule has 0 amide bonds. The second kappa shape index (κ2) is 16.3. The minimum absolute atomic E-state index is 0.115. The molecule has 138 valence electrons. The second-order valence-corrected chi connectivity index (χ2v) is 6.51. The van der Waals surface area contributed by atoms with Gasteiger partial charge in [0.1, 0.15) is 0 Å². The van der Waals surface area contributed by atoms with Crippen molar-refractivity contribution >= 4 is 5.97 Å². The molecule has 0 bridgehead atoms. The zero-order valence-electron chi connectivity index (χ0n) is 15.7. The summed E-state index contributed by atoms with van der Waals surface area (Å²) in [6.07, 6.45) is 11.7. The fourth-order valence-corrected chi connectivity index (χ4v) is 2.51. The lowest BCUT2D eigenvalue weighted by atomic mass is 10.1. The van der Waals surface area contributed by atoms with Gasteiger partial charge in [-0.25, -0.2) is 0 Å². The molecule has 0 aromatic carbocycles. The largest absolute Gasteiger partial charge is 0.393 e. The highest BCUT2D eigenvalue weighted by Gasteiger charge is 2.15. The zero-order chi connectivity index (χ0) is 17.3. The van der Waals surface area contributed by atoms with E-state index in [0.29, 0.717) is 6.42 Å². The molecule has 4 heteroatoms. The van der Waals surface area contributed by atoms with E-state index >= 15 is 0 Å². The molecule has 0 aromatic heterocycles. The molecule has 23 heavy (non-hydrogen) atoms. The summed E-state index contributed by atoms with van der Waals surface area (Å²) in [5, 5.41) is 11.7. The highest BCUT2D eigenvalue weighted by Crippen LogP contribution is 2.11. The standard InChI is InChI=1S/C19H39NO3/c1-4-7-10-11-12-13-14-18(21)17-19(22)23-20(15-8-5-2)16-9-6-3/h18,21H,4-17H2,1-3H3. The van der Waals surface area contributed by atoms with Crippen LogP contribution in [0.2, 0.25) is 0 Å². The summed E-state index contributed by atoms with van der Waals surface area (Å²) in [6, 6.07) is 0. The van der Waals surface area contributed by atoms with E-state index in [0.717, 1.165) is 51.6 Å². The lowest BCUT2D eigenvalue weighted by Gasteiger charge is -2.21. The topological polar surface area (TPSA) is 49.8 Å². The van der Waals surface area contributed by atoms with E-state index in [4.69, 9.17) is 4.84 Å². The molecule has 0 heterocycles. The van der Waals surface area contributed by atoms with Gasteiger partial charge < -0.3 is 9.94 Å². The molecule has 0 saturated carbocycles. The van der Waals surface area contributed by atoms with E-state index in [2.05, 4.69) is 20.8 Å². The number of aliphatic hydroxyl groups is 1. The first-order valence-electron chi connectivity index (χ1n) is 9.77. The van der Waals surface area contributed by atoms with E-state index in [1.54, 1.807) is 5.06 Å². The van der Waals surface area contributed by atoms with Crippen LogP contribution in [0.3, 0.4) is 0 Å². The first-order chi connectivity index (χ1) is 11.1. The third-order valence-electron chi connectivity index (χ3n) is 4.05. The summed E-state index contributed by atoms with van der Waals surface area (Å²) >= 11 is 0. The fourth-order valence-electron chi connectivity index (χ4n) is 2.51. The third kappa shape index (κ3) is 14.7. The summed E-state index contributed by atoms with van der Waals surface area (Å²) < 4.78 is 0. The van der Waals surface area contributed by atoms with Crippen molar-refractivity contribution in [2.24, 2.45) is 0 Å². The van der Waals surface area contributed by atoms with Gasteiger partial charge in [-0.05, 0) is 19.3 Å². The molecule has 0 radical (unpaired) electrons. The second-order valence-electron chi connectivity index (χ2n) is 6.51. The third-order valence-corrected chi connectivity index (χ3v) is 4.05. The summed E-state index contributed by atoms with van der Waals surface area (Å²) in [6.45, 7) is 8.04. The molecule has 0 aliphatic carbocycles.